The lowest BCUT2D eigenvalue weighted by atomic mass is 9.80. The molecule has 0 aliphatic carbocycles. The zero-order valence-electron chi connectivity index (χ0n) is 10.5. The fourth-order valence-corrected chi connectivity index (χ4v) is 1.59. The van der Waals surface area contributed by atoms with Crippen LogP contribution in [0.5, 0.6) is 0 Å². The number of aryl methyl sites for hydroxylation is 1. The fraction of sp³-hybridized carbons (Fsp3) is 0.750. The molecule has 0 saturated heterocycles. The molecule has 1 aromatic heterocycles. The van der Waals surface area contributed by atoms with E-state index in [2.05, 4.69) is 52.8 Å². The Balaban J connectivity index is 3.31. The van der Waals surface area contributed by atoms with Crippen molar-refractivity contribution >= 4 is 0 Å². The molecule has 0 saturated carbocycles. The first kappa shape index (κ1) is 11.3. The van der Waals surface area contributed by atoms with Crippen molar-refractivity contribution in [3.05, 3.63) is 17.5 Å². The Morgan fingerprint density at radius 1 is 1.00 bits per heavy atom. The van der Waals surface area contributed by atoms with E-state index >= 15 is 0 Å². The van der Waals surface area contributed by atoms with E-state index in [0.29, 0.717) is 0 Å². The molecule has 0 aliphatic heterocycles. The quantitative estimate of drug-likeness (QED) is 0.621. The van der Waals surface area contributed by atoms with Crippen LogP contribution in [0.4, 0.5) is 0 Å². The van der Waals surface area contributed by atoms with Crippen molar-refractivity contribution in [2.75, 3.05) is 0 Å². The van der Waals surface area contributed by atoms with Gasteiger partial charge in [0, 0.05) is 18.7 Å². The fourth-order valence-electron chi connectivity index (χ4n) is 1.59. The van der Waals surface area contributed by atoms with Gasteiger partial charge in [-0.3, -0.25) is 4.68 Å². The molecule has 14 heavy (non-hydrogen) atoms. The maximum Gasteiger partial charge on any atom is 0.0715 e. The summed E-state index contributed by atoms with van der Waals surface area (Å²) >= 11 is 0. The van der Waals surface area contributed by atoms with Gasteiger partial charge in [-0.05, 0) is 11.0 Å². The standard InChI is InChI=1S/C12H22N2/c1-11(2,3)9-8-14(7)13-10(9)12(4,5)6/h8H,1-7H3. The summed E-state index contributed by atoms with van der Waals surface area (Å²) in [6.07, 6.45) is 2.14. The van der Waals surface area contributed by atoms with Gasteiger partial charge in [0.2, 0.25) is 0 Å². The summed E-state index contributed by atoms with van der Waals surface area (Å²) in [6, 6.07) is 0. The van der Waals surface area contributed by atoms with Crippen molar-refractivity contribution in [1.29, 1.82) is 0 Å². The van der Waals surface area contributed by atoms with Gasteiger partial charge in [0.15, 0.2) is 0 Å². The molecule has 1 aromatic rings. The van der Waals surface area contributed by atoms with Gasteiger partial charge < -0.3 is 0 Å². The second-order valence-electron chi connectivity index (χ2n) is 6.07. The molecule has 0 bridgehead atoms. The van der Waals surface area contributed by atoms with Gasteiger partial charge >= 0.3 is 0 Å². The highest BCUT2D eigenvalue weighted by Crippen LogP contribution is 2.32. The molecule has 80 valence electrons. The Morgan fingerprint density at radius 3 is 1.79 bits per heavy atom. The van der Waals surface area contributed by atoms with E-state index in [1.54, 1.807) is 0 Å². The van der Waals surface area contributed by atoms with Crippen LogP contribution in [0.15, 0.2) is 6.20 Å². The van der Waals surface area contributed by atoms with E-state index in [0.717, 1.165) is 0 Å². The molecule has 0 amide bonds. The first-order valence-corrected chi connectivity index (χ1v) is 5.17. The highest BCUT2D eigenvalue weighted by molar-refractivity contribution is 5.30. The van der Waals surface area contributed by atoms with Crippen molar-refractivity contribution < 1.29 is 0 Å². The molecular formula is C12H22N2. The lowest BCUT2D eigenvalue weighted by Gasteiger charge is -2.24. The van der Waals surface area contributed by atoms with Crippen LogP contribution in [0.3, 0.4) is 0 Å². The molecule has 1 heterocycles. The molecule has 1 rings (SSSR count). The van der Waals surface area contributed by atoms with Crippen molar-refractivity contribution in [2.45, 2.75) is 52.4 Å². The summed E-state index contributed by atoms with van der Waals surface area (Å²) in [5.74, 6) is 0. The first-order valence-electron chi connectivity index (χ1n) is 5.17. The molecule has 0 atom stereocenters. The maximum atomic E-state index is 4.57. The van der Waals surface area contributed by atoms with Gasteiger partial charge in [-0.2, -0.15) is 5.10 Å². The van der Waals surface area contributed by atoms with E-state index in [9.17, 15) is 0 Å². The summed E-state index contributed by atoms with van der Waals surface area (Å²) in [7, 11) is 1.99. The van der Waals surface area contributed by atoms with Crippen LogP contribution < -0.4 is 0 Å². The summed E-state index contributed by atoms with van der Waals surface area (Å²) < 4.78 is 1.92. The topological polar surface area (TPSA) is 17.8 Å². The Labute approximate surface area is 87.3 Å². The molecule has 0 aromatic carbocycles. The summed E-state index contributed by atoms with van der Waals surface area (Å²) in [5.41, 5.74) is 2.88. The van der Waals surface area contributed by atoms with Crippen LogP contribution in [0.1, 0.15) is 52.8 Å². The number of hydrogen-bond donors (Lipinski definition) is 0. The number of nitrogens with zero attached hydrogens (tertiary/aromatic N) is 2. The monoisotopic (exact) mass is 194 g/mol. The average molecular weight is 194 g/mol. The number of hydrogen-bond acceptors (Lipinski definition) is 1. The van der Waals surface area contributed by atoms with E-state index in [1.165, 1.54) is 11.3 Å². The third kappa shape index (κ3) is 2.17. The Hall–Kier alpha value is -0.790. The van der Waals surface area contributed by atoms with Gasteiger partial charge in [0.1, 0.15) is 0 Å². The van der Waals surface area contributed by atoms with Gasteiger partial charge in [0.05, 0.1) is 5.69 Å². The SMILES string of the molecule is Cn1cc(C(C)(C)C)c(C(C)(C)C)n1. The van der Waals surface area contributed by atoms with Gasteiger partial charge in [-0.1, -0.05) is 41.5 Å². The predicted octanol–water partition coefficient (Wildman–Crippen LogP) is 3.02. The van der Waals surface area contributed by atoms with Crippen LogP contribution in [0.2, 0.25) is 0 Å². The lowest BCUT2D eigenvalue weighted by Crippen LogP contribution is -2.20. The average Bonchev–Trinajstić information content (AvgIpc) is 2.27. The first-order chi connectivity index (χ1) is 6.12. The van der Waals surface area contributed by atoms with Crippen molar-refractivity contribution in [2.24, 2.45) is 7.05 Å². The molecule has 0 aliphatic rings. The summed E-state index contributed by atoms with van der Waals surface area (Å²) in [6.45, 7) is 13.3. The molecular weight excluding hydrogens is 172 g/mol. The van der Waals surface area contributed by atoms with Gasteiger partial charge in [-0.25, -0.2) is 0 Å². The Bertz CT molecular complexity index is 290. The maximum absolute atomic E-state index is 4.57. The smallest absolute Gasteiger partial charge is 0.0715 e. The van der Waals surface area contributed by atoms with Crippen LogP contribution in [0.25, 0.3) is 0 Å². The molecule has 0 spiro atoms. The third-order valence-electron chi connectivity index (χ3n) is 2.35. The predicted molar refractivity (Wildman–Crippen MR) is 60.6 cm³/mol. The minimum Gasteiger partial charge on any atom is -0.275 e. The van der Waals surface area contributed by atoms with Gasteiger partial charge in [-0.15, -0.1) is 0 Å². The van der Waals surface area contributed by atoms with E-state index in [-0.39, 0.29) is 10.8 Å². The lowest BCUT2D eigenvalue weighted by molar-refractivity contribution is 0.517. The molecule has 0 unspecified atom stereocenters. The minimum absolute atomic E-state index is 0.129. The Kier molecular flexibility index (Phi) is 2.51. The molecule has 2 nitrogen and oxygen atoms in total. The second-order valence-corrected chi connectivity index (χ2v) is 6.07. The van der Waals surface area contributed by atoms with E-state index in [4.69, 9.17) is 0 Å². The van der Waals surface area contributed by atoms with Crippen LogP contribution in [-0.4, -0.2) is 9.78 Å². The van der Waals surface area contributed by atoms with E-state index < -0.39 is 0 Å². The van der Waals surface area contributed by atoms with E-state index in [1.807, 2.05) is 11.7 Å². The number of rotatable bonds is 0. The molecule has 0 fully saturated rings. The summed E-state index contributed by atoms with van der Waals surface area (Å²) in [4.78, 5) is 0. The second kappa shape index (κ2) is 3.11. The largest absolute Gasteiger partial charge is 0.275 e. The molecule has 0 radical (unpaired) electrons. The highest BCUT2D eigenvalue weighted by atomic mass is 15.3. The van der Waals surface area contributed by atoms with Gasteiger partial charge in [0.25, 0.3) is 0 Å². The van der Waals surface area contributed by atoms with Crippen LogP contribution in [0, 0.1) is 0 Å². The highest BCUT2D eigenvalue weighted by Gasteiger charge is 2.28. The number of aromatic nitrogens is 2. The third-order valence-corrected chi connectivity index (χ3v) is 2.35. The Morgan fingerprint density at radius 2 is 1.50 bits per heavy atom. The van der Waals surface area contributed by atoms with Crippen molar-refractivity contribution in [3.63, 3.8) is 0 Å². The van der Waals surface area contributed by atoms with Crippen molar-refractivity contribution in [1.82, 2.24) is 9.78 Å². The zero-order valence-corrected chi connectivity index (χ0v) is 10.5. The van der Waals surface area contributed by atoms with Crippen molar-refractivity contribution in [3.8, 4) is 0 Å². The normalized spacial score (nSPS) is 13.4. The van der Waals surface area contributed by atoms with Crippen LogP contribution >= 0.6 is 0 Å². The molecule has 2 heteroatoms. The minimum atomic E-state index is 0.129. The zero-order chi connectivity index (χ0) is 11.1. The summed E-state index contributed by atoms with van der Waals surface area (Å²) in [5, 5.41) is 4.57. The molecule has 0 N–H and O–H groups in total. The van der Waals surface area contributed by atoms with Crippen LogP contribution in [-0.2, 0) is 17.9 Å².